The molecule has 0 spiro atoms. The van der Waals surface area contributed by atoms with Crippen molar-refractivity contribution in [3.8, 4) is 0 Å². The van der Waals surface area contributed by atoms with Crippen LogP contribution >= 0.6 is 15.9 Å². The number of aromatic nitrogens is 2. The normalized spacial score (nSPS) is 10.3. The van der Waals surface area contributed by atoms with Gasteiger partial charge in [-0.05, 0) is 29.8 Å². The third-order valence-corrected chi connectivity index (χ3v) is 2.57. The number of nitrogens with two attached hydrogens (primary N) is 1. The van der Waals surface area contributed by atoms with Gasteiger partial charge in [-0.3, -0.25) is 4.57 Å². The maximum atomic E-state index is 11.4. The van der Waals surface area contributed by atoms with Crippen LogP contribution in [0.2, 0.25) is 0 Å². The number of hydrogen-bond donors (Lipinski definition) is 1. The van der Waals surface area contributed by atoms with Gasteiger partial charge in [-0.2, -0.15) is 0 Å². The van der Waals surface area contributed by atoms with Crippen molar-refractivity contribution >= 4 is 21.6 Å². The molecule has 4 nitrogen and oxygen atoms in total. The second kappa shape index (κ2) is 4.49. The topological polar surface area (TPSA) is 60.9 Å². The lowest BCUT2D eigenvalue weighted by atomic mass is 10.2. The summed E-state index contributed by atoms with van der Waals surface area (Å²) in [4.78, 5) is 15.1. The van der Waals surface area contributed by atoms with E-state index in [0.29, 0.717) is 12.2 Å². The van der Waals surface area contributed by atoms with Gasteiger partial charge in [0.2, 0.25) is 0 Å². The van der Waals surface area contributed by atoms with Gasteiger partial charge in [0.15, 0.2) is 0 Å². The van der Waals surface area contributed by atoms with Crippen molar-refractivity contribution in [1.29, 1.82) is 0 Å². The van der Waals surface area contributed by atoms with E-state index in [9.17, 15) is 4.79 Å². The molecule has 0 radical (unpaired) electrons. The lowest BCUT2D eigenvalue weighted by Crippen LogP contribution is -2.21. The minimum Gasteiger partial charge on any atom is -0.399 e. The van der Waals surface area contributed by atoms with Crippen LogP contribution in [0.15, 0.2) is 45.9 Å². The highest BCUT2D eigenvalue weighted by Crippen LogP contribution is 2.17. The summed E-state index contributed by atoms with van der Waals surface area (Å²) < 4.78 is 2.43. The molecule has 1 aromatic carbocycles. The molecule has 2 N–H and O–H groups in total. The number of hydrogen-bond acceptors (Lipinski definition) is 3. The highest BCUT2D eigenvalue weighted by molar-refractivity contribution is 9.10. The molecule has 5 heteroatoms. The van der Waals surface area contributed by atoms with Crippen molar-refractivity contribution in [3.63, 3.8) is 0 Å². The number of anilines is 1. The molecule has 2 aromatic rings. The first-order valence-corrected chi connectivity index (χ1v) is 5.51. The van der Waals surface area contributed by atoms with E-state index in [0.717, 1.165) is 10.0 Å². The van der Waals surface area contributed by atoms with Gasteiger partial charge >= 0.3 is 5.69 Å². The molecule has 1 aromatic heterocycles. The van der Waals surface area contributed by atoms with Crippen LogP contribution in [0.4, 0.5) is 5.69 Å². The van der Waals surface area contributed by atoms with E-state index >= 15 is 0 Å². The molecule has 16 heavy (non-hydrogen) atoms. The zero-order valence-corrected chi connectivity index (χ0v) is 10.0. The van der Waals surface area contributed by atoms with Gasteiger partial charge in [0.05, 0.1) is 6.54 Å². The largest absolute Gasteiger partial charge is 0.399 e. The maximum absolute atomic E-state index is 11.4. The Kier molecular flexibility index (Phi) is 3.05. The van der Waals surface area contributed by atoms with Gasteiger partial charge < -0.3 is 5.73 Å². The van der Waals surface area contributed by atoms with Crippen LogP contribution in [0, 0.1) is 0 Å². The number of halogens is 1. The molecule has 0 unspecified atom stereocenters. The highest BCUT2D eigenvalue weighted by Gasteiger charge is 2.00. The van der Waals surface area contributed by atoms with Crippen LogP contribution in [0.5, 0.6) is 0 Å². The van der Waals surface area contributed by atoms with Crippen molar-refractivity contribution in [2.75, 3.05) is 5.73 Å². The van der Waals surface area contributed by atoms with Crippen molar-refractivity contribution < 1.29 is 0 Å². The zero-order chi connectivity index (χ0) is 11.5. The quantitative estimate of drug-likeness (QED) is 0.851. The number of benzene rings is 1. The fraction of sp³-hybridized carbons (Fsp3) is 0.0909. The lowest BCUT2D eigenvalue weighted by Gasteiger charge is -2.06. The highest BCUT2D eigenvalue weighted by atomic mass is 79.9. The van der Waals surface area contributed by atoms with Crippen molar-refractivity contribution in [3.05, 3.63) is 57.2 Å². The molecule has 1 heterocycles. The van der Waals surface area contributed by atoms with E-state index in [4.69, 9.17) is 5.73 Å². The molecule has 0 saturated heterocycles. The summed E-state index contributed by atoms with van der Waals surface area (Å²) in [7, 11) is 0. The molecule has 0 bridgehead atoms. The van der Waals surface area contributed by atoms with Crippen molar-refractivity contribution in [1.82, 2.24) is 9.55 Å². The first-order valence-electron chi connectivity index (χ1n) is 4.71. The van der Waals surface area contributed by atoms with Crippen LogP contribution in [0.25, 0.3) is 0 Å². The van der Waals surface area contributed by atoms with Crippen LogP contribution in [0.1, 0.15) is 5.56 Å². The molecule has 0 saturated carbocycles. The predicted molar refractivity (Wildman–Crippen MR) is 66.2 cm³/mol. The van der Waals surface area contributed by atoms with Crippen LogP contribution in [-0.2, 0) is 6.54 Å². The minimum absolute atomic E-state index is 0.263. The Morgan fingerprint density at radius 3 is 2.88 bits per heavy atom. The van der Waals surface area contributed by atoms with E-state index in [-0.39, 0.29) is 5.69 Å². The second-order valence-corrected chi connectivity index (χ2v) is 4.34. The Hall–Kier alpha value is -1.62. The monoisotopic (exact) mass is 279 g/mol. The Bertz CT molecular complexity index is 545. The lowest BCUT2D eigenvalue weighted by molar-refractivity contribution is 0.727. The number of nitrogen functional groups attached to an aromatic ring is 1. The maximum Gasteiger partial charge on any atom is 0.347 e. The smallest absolute Gasteiger partial charge is 0.347 e. The number of rotatable bonds is 2. The van der Waals surface area contributed by atoms with Gasteiger partial charge in [0.25, 0.3) is 0 Å². The van der Waals surface area contributed by atoms with Gasteiger partial charge in [0, 0.05) is 22.6 Å². The van der Waals surface area contributed by atoms with E-state index in [2.05, 4.69) is 20.9 Å². The molecular formula is C11H10BrN3O. The van der Waals surface area contributed by atoms with E-state index in [1.165, 1.54) is 10.8 Å². The standard InChI is InChI=1S/C11H10BrN3O/c12-9-4-8(5-10(13)6-9)7-15-3-1-2-14-11(15)16/h1-6H,7,13H2. The van der Waals surface area contributed by atoms with E-state index in [1.807, 2.05) is 18.2 Å². The molecule has 0 atom stereocenters. The Labute approximate surface area is 101 Å². The number of nitrogens with zero attached hydrogens (tertiary/aromatic N) is 2. The molecule has 0 amide bonds. The van der Waals surface area contributed by atoms with Gasteiger partial charge in [-0.25, -0.2) is 9.78 Å². The second-order valence-electron chi connectivity index (χ2n) is 3.42. The van der Waals surface area contributed by atoms with Crippen molar-refractivity contribution in [2.24, 2.45) is 0 Å². The summed E-state index contributed by atoms with van der Waals surface area (Å²) in [6.45, 7) is 0.469. The first kappa shape index (κ1) is 10.9. The predicted octanol–water partition coefficient (Wildman–Crippen LogP) is 1.64. The summed E-state index contributed by atoms with van der Waals surface area (Å²) >= 11 is 3.36. The van der Waals surface area contributed by atoms with Gasteiger partial charge in [-0.15, -0.1) is 0 Å². The summed E-state index contributed by atoms with van der Waals surface area (Å²) in [5.41, 5.74) is 7.08. The fourth-order valence-electron chi connectivity index (χ4n) is 1.47. The summed E-state index contributed by atoms with van der Waals surface area (Å²) in [6.07, 6.45) is 3.18. The van der Waals surface area contributed by atoms with Gasteiger partial charge in [0.1, 0.15) is 0 Å². The van der Waals surface area contributed by atoms with Crippen LogP contribution < -0.4 is 11.4 Å². The van der Waals surface area contributed by atoms with Crippen LogP contribution in [0.3, 0.4) is 0 Å². The third kappa shape index (κ3) is 2.49. The SMILES string of the molecule is Nc1cc(Br)cc(Cn2cccnc2=O)c1. The molecular weight excluding hydrogens is 270 g/mol. The van der Waals surface area contributed by atoms with E-state index < -0.39 is 0 Å². The third-order valence-electron chi connectivity index (χ3n) is 2.12. The molecule has 2 rings (SSSR count). The average Bonchev–Trinajstić information content (AvgIpc) is 2.20. The zero-order valence-electron chi connectivity index (χ0n) is 8.43. The fourth-order valence-corrected chi connectivity index (χ4v) is 2.03. The molecule has 0 aliphatic carbocycles. The van der Waals surface area contributed by atoms with E-state index in [1.54, 1.807) is 12.3 Å². The molecule has 82 valence electrons. The molecule has 0 aliphatic rings. The molecule has 0 aliphatic heterocycles. The summed E-state index contributed by atoms with van der Waals surface area (Å²) in [6, 6.07) is 7.30. The first-order chi connectivity index (χ1) is 7.65. The van der Waals surface area contributed by atoms with Crippen molar-refractivity contribution in [2.45, 2.75) is 6.54 Å². The summed E-state index contributed by atoms with van der Waals surface area (Å²) in [5.74, 6) is 0. The Morgan fingerprint density at radius 2 is 2.19 bits per heavy atom. The Morgan fingerprint density at radius 1 is 1.38 bits per heavy atom. The van der Waals surface area contributed by atoms with Crippen LogP contribution in [-0.4, -0.2) is 9.55 Å². The van der Waals surface area contributed by atoms with Gasteiger partial charge in [-0.1, -0.05) is 15.9 Å². The average molecular weight is 280 g/mol. The minimum atomic E-state index is -0.263. The summed E-state index contributed by atoms with van der Waals surface area (Å²) in [5, 5.41) is 0. The molecule has 0 fully saturated rings. The Balaban J connectivity index is 2.34.